The van der Waals surface area contributed by atoms with E-state index in [1.165, 1.54) is 5.69 Å². The lowest BCUT2D eigenvalue weighted by atomic mass is 10.1. The molecule has 19 heavy (non-hydrogen) atoms. The van der Waals surface area contributed by atoms with Crippen molar-refractivity contribution in [2.75, 3.05) is 0 Å². The van der Waals surface area contributed by atoms with Gasteiger partial charge in [0.15, 0.2) is 0 Å². The Hall–Kier alpha value is -1.72. The quantitative estimate of drug-likeness (QED) is 0.604. The van der Waals surface area contributed by atoms with Gasteiger partial charge in [0.1, 0.15) is 0 Å². The topological polar surface area (TPSA) is 68.8 Å². The predicted octanol–water partition coefficient (Wildman–Crippen LogP) is 1.22. The fourth-order valence-electron chi connectivity index (χ4n) is 2.25. The fraction of sp³-hybridized carbons (Fsp3) is 0.429. The maximum Gasteiger partial charge on any atom is 0.0596 e. The molecule has 2 rings (SSSR count). The summed E-state index contributed by atoms with van der Waals surface area (Å²) in [5.41, 5.74) is 6.18. The van der Waals surface area contributed by atoms with Gasteiger partial charge in [-0.25, -0.2) is 0 Å². The van der Waals surface area contributed by atoms with Crippen molar-refractivity contribution >= 4 is 0 Å². The summed E-state index contributed by atoms with van der Waals surface area (Å²) < 4.78 is 2.03. The number of aromatic nitrogens is 3. The molecule has 0 aliphatic carbocycles. The largest absolute Gasteiger partial charge is 0.271 e. The third kappa shape index (κ3) is 3.62. The summed E-state index contributed by atoms with van der Waals surface area (Å²) in [7, 11) is 0. The van der Waals surface area contributed by atoms with Gasteiger partial charge in [0.2, 0.25) is 0 Å². The number of pyridine rings is 1. The van der Waals surface area contributed by atoms with E-state index in [1.54, 1.807) is 0 Å². The van der Waals surface area contributed by atoms with Crippen LogP contribution >= 0.6 is 0 Å². The van der Waals surface area contributed by atoms with E-state index < -0.39 is 0 Å². The summed E-state index contributed by atoms with van der Waals surface area (Å²) >= 11 is 0. The van der Waals surface area contributed by atoms with Crippen LogP contribution in [0, 0.1) is 6.92 Å². The lowest BCUT2D eigenvalue weighted by Crippen LogP contribution is -2.39. The third-order valence-corrected chi connectivity index (χ3v) is 3.16. The molecule has 0 spiro atoms. The van der Waals surface area contributed by atoms with Crippen LogP contribution in [0.2, 0.25) is 0 Å². The van der Waals surface area contributed by atoms with Crippen LogP contribution in [0.5, 0.6) is 0 Å². The van der Waals surface area contributed by atoms with E-state index in [1.807, 2.05) is 36.0 Å². The number of aryl methyl sites for hydroxylation is 2. The maximum atomic E-state index is 5.66. The van der Waals surface area contributed by atoms with Crippen molar-refractivity contribution in [3.8, 4) is 0 Å². The molecular formula is C14H21N5. The molecule has 0 aromatic carbocycles. The van der Waals surface area contributed by atoms with Gasteiger partial charge >= 0.3 is 0 Å². The summed E-state index contributed by atoms with van der Waals surface area (Å²) in [6, 6.07) is 8.22. The molecular weight excluding hydrogens is 238 g/mol. The summed E-state index contributed by atoms with van der Waals surface area (Å²) in [6.07, 6.45) is 3.47. The van der Waals surface area contributed by atoms with E-state index in [4.69, 9.17) is 5.84 Å². The molecule has 5 heteroatoms. The van der Waals surface area contributed by atoms with Gasteiger partial charge in [0.05, 0.1) is 5.69 Å². The Bertz CT molecular complexity index is 506. The molecule has 0 radical (unpaired) electrons. The number of hydrogen-bond donors (Lipinski definition) is 2. The van der Waals surface area contributed by atoms with Gasteiger partial charge in [0, 0.05) is 43.0 Å². The molecule has 2 aromatic rings. The average molecular weight is 259 g/mol. The second kappa shape index (κ2) is 6.45. The highest BCUT2D eigenvalue weighted by Crippen LogP contribution is 2.09. The first-order chi connectivity index (χ1) is 9.22. The van der Waals surface area contributed by atoms with Crippen molar-refractivity contribution in [2.24, 2.45) is 5.84 Å². The number of nitrogens with two attached hydrogens (primary N) is 1. The van der Waals surface area contributed by atoms with Crippen molar-refractivity contribution < 1.29 is 0 Å². The highest BCUT2D eigenvalue weighted by molar-refractivity contribution is 5.12. The molecule has 1 atom stereocenters. The minimum absolute atomic E-state index is 0.163. The lowest BCUT2D eigenvalue weighted by Gasteiger charge is -2.16. The van der Waals surface area contributed by atoms with Gasteiger partial charge in [-0.05, 0) is 32.0 Å². The number of nitrogens with one attached hydrogen (secondary N) is 1. The van der Waals surface area contributed by atoms with Crippen LogP contribution in [0.1, 0.15) is 24.0 Å². The fourth-order valence-corrected chi connectivity index (χ4v) is 2.25. The Kier molecular flexibility index (Phi) is 4.65. The van der Waals surface area contributed by atoms with Crippen molar-refractivity contribution in [2.45, 2.75) is 39.3 Å². The monoisotopic (exact) mass is 259 g/mol. The Morgan fingerprint density at radius 3 is 2.84 bits per heavy atom. The number of rotatable bonds is 6. The van der Waals surface area contributed by atoms with Crippen LogP contribution in [0.25, 0.3) is 0 Å². The lowest BCUT2D eigenvalue weighted by molar-refractivity contribution is 0.492. The van der Waals surface area contributed by atoms with E-state index >= 15 is 0 Å². The number of hydrazine groups is 1. The van der Waals surface area contributed by atoms with Crippen LogP contribution < -0.4 is 11.3 Å². The van der Waals surface area contributed by atoms with E-state index in [0.29, 0.717) is 0 Å². The van der Waals surface area contributed by atoms with E-state index in [0.717, 1.165) is 30.8 Å². The maximum absolute atomic E-state index is 5.66. The first kappa shape index (κ1) is 13.7. The summed E-state index contributed by atoms with van der Waals surface area (Å²) in [6.45, 7) is 4.99. The van der Waals surface area contributed by atoms with Gasteiger partial charge in [-0.2, -0.15) is 5.10 Å². The second-order valence-electron chi connectivity index (χ2n) is 4.69. The summed E-state index contributed by atoms with van der Waals surface area (Å²) in [4.78, 5) is 4.34. The van der Waals surface area contributed by atoms with Gasteiger partial charge in [-0.1, -0.05) is 6.07 Å². The van der Waals surface area contributed by atoms with E-state index in [2.05, 4.69) is 28.5 Å². The molecule has 0 aliphatic rings. The molecule has 5 nitrogen and oxygen atoms in total. The highest BCUT2D eigenvalue weighted by atomic mass is 15.3. The zero-order valence-electron chi connectivity index (χ0n) is 11.5. The zero-order chi connectivity index (χ0) is 13.7. The van der Waals surface area contributed by atoms with E-state index in [9.17, 15) is 0 Å². The van der Waals surface area contributed by atoms with Crippen LogP contribution in [-0.2, 0) is 19.4 Å². The molecule has 0 bridgehead atoms. The smallest absolute Gasteiger partial charge is 0.0596 e. The van der Waals surface area contributed by atoms with Crippen LogP contribution in [0.4, 0.5) is 0 Å². The number of hydrogen-bond acceptors (Lipinski definition) is 4. The normalized spacial score (nSPS) is 12.6. The predicted molar refractivity (Wildman–Crippen MR) is 75.4 cm³/mol. The number of nitrogens with zero attached hydrogens (tertiary/aromatic N) is 3. The van der Waals surface area contributed by atoms with Gasteiger partial charge in [-0.3, -0.25) is 20.9 Å². The second-order valence-corrected chi connectivity index (χ2v) is 4.69. The molecule has 0 fully saturated rings. The molecule has 0 saturated carbocycles. The first-order valence-electron chi connectivity index (χ1n) is 6.62. The van der Waals surface area contributed by atoms with Gasteiger partial charge < -0.3 is 0 Å². The average Bonchev–Trinajstić information content (AvgIpc) is 2.79. The Balaban J connectivity index is 2.06. The Labute approximate surface area is 113 Å². The minimum atomic E-state index is 0.163. The molecule has 2 aromatic heterocycles. The Morgan fingerprint density at radius 1 is 1.37 bits per heavy atom. The molecule has 1 unspecified atom stereocenters. The SMILES string of the molecule is CCn1nc(C)cc1CC(Cc1ccccn1)NN. The molecule has 2 heterocycles. The van der Waals surface area contributed by atoms with Gasteiger partial charge in [0.25, 0.3) is 0 Å². The molecule has 0 amide bonds. The summed E-state index contributed by atoms with van der Waals surface area (Å²) in [5.74, 6) is 5.66. The zero-order valence-corrected chi connectivity index (χ0v) is 11.5. The van der Waals surface area contributed by atoms with Crippen molar-refractivity contribution in [3.63, 3.8) is 0 Å². The van der Waals surface area contributed by atoms with Gasteiger partial charge in [-0.15, -0.1) is 0 Å². The van der Waals surface area contributed by atoms with Crippen LogP contribution in [0.3, 0.4) is 0 Å². The van der Waals surface area contributed by atoms with Crippen molar-refractivity contribution in [3.05, 3.63) is 47.5 Å². The standard InChI is InChI=1S/C14H21N5/c1-3-19-14(8-11(2)18-19)10-13(17-15)9-12-6-4-5-7-16-12/h4-8,13,17H,3,9-10,15H2,1-2H3. The molecule has 0 aliphatic heterocycles. The summed E-state index contributed by atoms with van der Waals surface area (Å²) in [5, 5.41) is 4.46. The minimum Gasteiger partial charge on any atom is -0.271 e. The molecule has 102 valence electrons. The first-order valence-corrected chi connectivity index (χ1v) is 6.62. The van der Waals surface area contributed by atoms with Crippen molar-refractivity contribution in [1.29, 1.82) is 0 Å². The van der Waals surface area contributed by atoms with Crippen LogP contribution in [-0.4, -0.2) is 20.8 Å². The van der Waals surface area contributed by atoms with Crippen molar-refractivity contribution in [1.82, 2.24) is 20.2 Å². The highest BCUT2D eigenvalue weighted by Gasteiger charge is 2.13. The molecule has 0 saturated heterocycles. The van der Waals surface area contributed by atoms with Crippen LogP contribution in [0.15, 0.2) is 30.5 Å². The molecule has 3 N–H and O–H groups in total. The third-order valence-electron chi connectivity index (χ3n) is 3.16. The van der Waals surface area contributed by atoms with E-state index in [-0.39, 0.29) is 6.04 Å². The Morgan fingerprint density at radius 2 is 2.21 bits per heavy atom.